The zero-order valence-electron chi connectivity index (χ0n) is 15.7. The second kappa shape index (κ2) is 11.3. The van der Waals surface area contributed by atoms with Gasteiger partial charge in [-0.3, -0.25) is 4.79 Å². The molecule has 146 valence electrons. The third-order valence-corrected chi connectivity index (χ3v) is 3.69. The van der Waals surface area contributed by atoms with Gasteiger partial charge < -0.3 is 14.8 Å². The Morgan fingerprint density at radius 3 is 2.36 bits per heavy atom. The normalized spacial score (nSPS) is 10.5. The summed E-state index contributed by atoms with van der Waals surface area (Å²) in [5.74, 6) is -1.48. The number of carbonyl (C=O) groups is 3. The van der Waals surface area contributed by atoms with Gasteiger partial charge in [0.2, 0.25) is 0 Å². The van der Waals surface area contributed by atoms with Crippen molar-refractivity contribution in [1.29, 1.82) is 0 Å². The highest BCUT2D eigenvalue weighted by molar-refractivity contribution is 5.95. The molecule has 0 aliphatic rings. The van der Waals surface area contributed by atoms with Gasteiger partial charge in [-0.15, -0.1) is 0 Å². The fourth-order valence-corrected chi connectivity index (χ4v) is 2.19. The lowest BCUT2D eigenvalue weighted by Crippen LogP contribution is -2.20. The number of hydrogen-bond acceptors (Lipinski definition) is 5. The van der Waals surface area contributed by atoms with E-state index in [0.29, 0.717) is 17.9 Å². The number of hydrogen-bond donors (Lipinski definition) is 1. The topological polar surface area (TPSA) is 81.7 Å². The van der Waals surface area contributed by atoms with Gasteiger partial charge in [0.05, 0.1) is 12.2 Å². The molecule has 0 aromatic heterocycles. The minimum absolute atomic E-state index is 0.387. The number of unbranched alkanes of at least 4 members (excludes halogenated alkanes) is 1. The molecule has 28 heavy (non-hydrogen) atoms. The van der Waals surface area contributed by atoms with Gasteiger partial charge in [0.15, 0.2) is 6.61 Å². The molecule has 6 nitrogen and oxygen atoms in total. The summed E-state index contributed by atoms with van der Waals surface area (Å²) in [6, 6.07) is 15.6. The van der Waals surface area contributed by atoms with Gasteiger partial charge in [-0.05, 0) is 42.3 Å². The summed E-state index contributed by atoms with van der Waals surface area (Å²) in [5.41, 5.74) is 1.76. The Bertz CT molecular complexity index is 813. The first kappa shape index (κ1) is 20.9. The fourth-order valence-electron chi connectivity index (χ4n) is 2.19. The molecule has 0 saturated heterocycles. The summed E-state index contributed by atoms with van der Waals surface area (Å²) in [7, 11) is 0. The smallest absolute Gasteiger partial charge is 0.338 e. The number of carbonyl (C=O) groups excluding carboxylic acids is 3. The lowest BCUT2D eigenvalue weighted by atomic mass is 10.2. The largest absolute Gasteiger partial charge is 0.462 e. The monoisotopic (exact) mass is 381 g/mol. The van der Waals surface area contributed by atoms with Crippen LogP contribution >= 0.6 is 0 Å². The first-order valence-electron chi connectivity index (χ1n) is 9.05. The summed E-state index contributed by atoms with van der Waals surface area (Å²) in [5, 5.41) is 2.60. The molecule has 1 N–H and O–H groups in total. The maximum atomic E-state index is 11.9. The Kier molecular flexibility index (Phi) is 8.46. The van der Waals surface area contributed by atoms with Gasteiger partial charge in [0.1, 0.15) is 0 Å². The SMILES string of the molecule is CCCCOC(=O)c1ccc(NC(=O)COC(=O)/C=C/c2ccccc2)cc1. The van der Waals surface area contributed by atoms with Crippen LogP contribution in [-0.2, 0) is 19.1 Å². The van der Waals surface area contributed by atoms with Gasteiger partial charge in [0.25, 0.3) is 5.91 Å². The molecule has 0 bridgehead atoms. The highest BCUT2D eigenvalue weighted by Crippen LogP contribution is 2.11. The second-order valence-electron chi connectivity index (χ2n) is 5.97. The van der Waals surface area contributed by atoms with Crippen molar-refractivity contribution in [1.82, 2.24) is 0 Å². The van der Waals surface area contributed by atoms with E-state index in [1.807, 2.05) is 37.3 Å². The molecule has 2 aromatic rings. The fraction of sp³-hybridized carbons (Fsp3) is 0.227. The summed E-state index contributed by atoms with van der Waals surface area (Å²) in [6.45, 7) is 2.00. The van der Waals surface area contributed by atoms with Crippen LogP contribution in [0.15, 0.2) is 60.7 Å². The summed E-state index contributed by atoms with van der Waals surface area (Å²) in [4.78, 5) is 35.4. The van der Waals surface area contributed by atoms with Crippen LogP contribution in [0.3, 0.4) is 0 Å². The number of nitrogens with one attached hydrogen (secondary N) is 1. The maximum absolute atomic E-state index is 11.9. The van der Waals surface area contributed by atoms with E-state index in [9.17, 15) is 14.4 Å². The number of amides is 1. The Balaban J connectivity index is 1.75. The molecule has 0 spiro atoms. The van der Waals surface area contributed by atoms with E-state index in [0.717, 1.165) is 18.4 Å². The van der Waals surface area contributed by atoms with Gasteiger partial charge in [-0.1, -0.05) is 43.7 Å². The van der Waals surface area contributed by atoms with E-state index >= 15 is 0 Å². The van der Waals surface area contributed by atoms with Crippen molar-refractivity contribution in [3.05, 3.63) is 71.8 Å². The van der Waals surface area contributed by atoms with Crippen molar-refractivity contribution in [2.45, 2.75) is 19.8 Å². The average molecular weight is 381 g/mol. The van der Waals surface area contributed by atoms with Crippen LogP contribution in [-0.4, -0.2) is 31.1 Å². The predicted molar refractivity (Wildman–Crippen MR) is 107 cm³/mol. The molecular weight excluding hydrogens is 358 g/mol. The minimum Gasteiger partial charge on any atom is -0.462 e. The Labute approximate surface area is 164 Å². The van der Waals surface area contributed by atoms with Crippen LogP contribution in [0.5, 0.6) is 0 Å². The van der Waals surface area contributed by atoms with Crippen molar-refractivity contribution in [2.24, 2.45) is 0 Å². The molecule has 0 radical (unpaired) electrons. The number of benzene rings is 2. The van der Waals surface area contributed by atoms with Crippen LogP contribution in [0.4, 0.5) is 5.69 Å². The Morgan fingerprint density at radius 2 is 1.68 bits per heavy atom. The van der Waals surface area contributed by atoms with E-state index in [2.05, 4.69) is 5.32 Å². The Morgan fingerprint density at radius 1 is 0.964 bits per heavy atom. The predicted octanol–water partition coefficient (Wildman–Crippen LogP) is 3.84. The number of ether oxygens (including phenoxy) is 2. The van der Waals surface area contributed by atoms with Gasteiger partial charge >= 0.3 is 11.9 Å². The lowest BCUT2D eigenvalue weighted by molar-refractivity contribution is -0.142. The molecular formula is C22H23NO5. The molecule has 0 heterocycles. The number of esters is 2. The van der Waals surface area contributed by atoms with Crippen LogP contribution < -0.4 is 5.32 Å². The summed E-state index contributed by atoms with van der Waals surface area (Å²) in [6.07, 6.45) is 4.64. The van der Waals surface area contributed by atoms with Crippen molar-refractivity contribution in [3.8, 4) is 0 Å². The highest BCUT2D eigenvalue weighted by atomic mass is 16.5. The van der Waals surface area contributed by atoms with Crippen LogP contribution in [0.2, 0.25) is 0 Å². The minimum atomic E-state index is -0.607. The molecule has 0 fully saturated rings. The average Bonchev–Trinajstić information content (AvgIpc) is 2.72. The van der Waals surface area contributed by atoms with E-state index in [1.165, 1.54) is 6.08 Å². The van der Waals surface area contributed by atoms with Crippen LogP contribution in [0, 0.1) is 0 Å². The van der Waals surface area contributed by atoms with Crippen molar-refractivity contribution in [3.63, 3.8) is 0 Å². The molecule has 0 aliphatic carbocycles. The first-order valence-corrected chi connectivity index (χ1v) is 9.05. The zero-order chi connectivity index (χ0) is 20.2. The standard InChI is InChI=1S/C22H23NO5/c1-2-3-15-27-22(26)18-10-12-19(13-11-18)23-20(24)16-28-21(25)14-9-17-7-5-4-6-8-17/h4-14H,2-3,15-16H2,1H3,(H,23,24)/b14-9+. The molecule has 2 aromatic carbocycles. The number of rotatable bonds is 9. The summed E-state index contributed by atoms with van der Waals surface area (Å²) >= 11 is 0. The molecule has 6 heteroatoms. The van der Waals surface area contributed by atoms with Crippen molar-refractivity contribution >= 4 is 29.6 Å². The van der Waals surface area contributed by atoms with Crippen LogP contribution in [0.25, 0.3) is 6.08 Å². The van der Waals surface area contributed by atoms with E-state index in [4.69, 9.17) is 9.47 Å². The van der Waals surface area contributed by atoms with Crippen molar-refractivity contribution < 1.29 is 23.9 Å². The lowest BCUT2D eigenvalue weighted by Gasteiger charge is -2.07. The molecule has 2 rings (SSSR count). The van der Waals surface area contributed by atoms with Crippen molar-refractivity contribution in [2.75, 3.05) is 18.5 Å². The van der Waals surface area contributed by atoms with E-state index in [-0.39, 0.29) is 0 Å². The van der Waals surface area contributed by atoms with Gasteiger partial charge in [0, 0.05) is 11.8 Å². The molecule has 0 unspecified atom stereocenters. The number of anilines is 1. The maximum Gasteiger partial charge on any atom is 0.338 e. The quantitative estimate of drug-likeness (QED) is 0.405. The van der Waals surface area contributed by atoms with E-state index in [1.54, 1.807) is 30.3 Å². The molecule has 0 atom stereocenters. The Hall–Kier alpha value is -3.41. The zero-order valence-corrected chi connectivity index (χ0v) is 15.7. The van der Waals surface area contributed by atoms with Crippen LogP contribution in [0.1, 0.15) is 35.7 Å². The molecule has 1 amide bonds. The molecule has 0 aliphatic heterocycles. The van der Waals surface area contributed by atoms with Gasteiger partial charge in [-0.2, -0.15) is 0 Å². The van der Waals surface area contributed by atoms with Gasteiger partial charge in [-0.25, -0.2) is 9.59 Å². The third-order valence-electron chi connectivity index (χ3n) is 3.69. The summed E-state index contributed by atoms with van der Waals surface area (Å²) < 4.78 is 10.0. The highest BCUT2D eigenvalue weighted by Gasteiger charge is 2.09. The molecule has 0 saturated carbocycles. The first-order chi connectivity index (χ1) is 13.6. The third kappa shape index (κ3) is 7.45. The van der Waals surface area contributed by atoms with E-state index < -0.39 is 24.5 Å². The second-order valence-corrected chi connectivity index (χ2v) is 5.97.